The molecule has 0 radical (unpaired) electrons. The zero-order valence-corrected chi connectivity index (χ0v) is 10.8. The highest BCUT2D eigenvalue weighted by atomic mass is 16.5. The van der Waals surface area contributed by atoms with Gasteiger partial charge < -0.3 is 15.4 Å². The zero-order chi connectivity index (χ0) is 13.0. The Labute approximate surface area is 108 Å². The maximum atomic E-state index is 12.3. The molecule has 1 atom stereocenters. The van der Waals surface area contributed by atoms with E-state index in [2.05, 4.69) is 6.92 Å². The molecule has 4 heteroatoms. The Morgan fingerprint density at radius 2 is 2.17 bits per heavy atom. The van der Waals surface area contributed by atoms with Crippen molar-refractivity contribution in [3.8, 4) is 0 Å². The number of amides is 1. The van der Waals surface area contributed by atoms with Gasteiger partial charge in [0.15, 0.2) is 0 Å². The van der Waals surface area contributed by atoms with Crippen molar-refractivity contribution < 1.29 is 9.53 Å². The van der Waals surface area contributed by atoms with E-state index in [0.29, 0.717) is 26.2 Å². The summed E-state index contributed by atoms with van der Waals surface area (Å²) in [4.78, 5) is 14.2. The molecule has 1 heterocycles. The summed E-state index contributed by atoms with van der Waals surface area (Å²) in [6.07, 6.45) is 1.11. The quantitative estimate of drug-likeness (QED) is 0.879. The lowest BCUT2D eigenvalue weighted by molar-refractivity contribution is -0.0226. The molecule has 1 aromatic carbocycles. The number of carbonyl (C=O) groups is 1. The minimum atomic E-state index is 0.0836. The molecule has 0 saturated carbocycles. The van der Waals surface area contributed by atoms with Crippen LogP contribution in [-0.4, -0.2) is 36.6 Å². The highest BCUT2D eigenvalue weighted by molar-refractivity contribution is 5.94. The van der Waals surface area contributed by atoms with Crippen LogP contribution in [0.1, 0.15) is 29.3 Å². The molecule has 1 aromatic rings. The van der Waals surface area contributed by atoms with Crippen LogP contribution in [0.25, 0.3) is 0 Å². The van der Waals surface area contributed by atoms with Crippen molar-refractivity contribution in [3.05, 3.63) is 35.4 Å². The Morgan fingerprint density at radius 3 is 2.78 bits per heavy atom. The molecule has 0 unspecified atom stereocenters. The van der Waals surface area contributed by atoms with Gasteiger partial charge in [-0.2, -0.15) is 0 Å². The number of hydrogen-bond donors (Lipinski definition) is 1. The van der Waals surface area contributed by atoms with E-state index in [4.69, 9.17) is 10.5 Å². The van der Waals surface area contributed by atoms with E-state index in [9.17, 15) is 4.79 Å². The van der Waals surface area contributed by atoms with Crippen LogP contribution in [-0.2, 0) is 11.3 Å². The van der Waals surface area contributed by atoms with E-state index in [1.165, 1.54) is 0 Å². The lowest BCUT2D eigenvalue weighted by Crippen LogP contribution is -2.45. The minimum absolute atomic E-state index is 0.0836. The van der Waals surface area contributed by atoms with Gasteiger partial charge >= 0.3 is 0 Å². The molecule has 1 saturated heterocycles. The second-order valence-corrected chi connectivity index (χ2v) is 4.55. The van der Waals surface area contributed by atoms with Gasteiger partial charge in [-0.25, -0.2) is 0 Å². The summed E-state index contributed by atoms with van der Waals surface area (Å²) < 4.78 is 5.57. The molecule has 1 aliphatic rings. The van der Waals surface area contributed by atoms with Crippen molar-refractivity contribution in [2.45, 2.75) is 26.0 Å². The van der Waals surface area contributed by atoms with Crippen molar-refractivity contribution >= 4 is 5.91 Å². The molecule has 1 fully saturated rings. The molecule has 0 spiro atoms. The number of morpholine rings is 1. The Bertz CT molecular complexity index is 403. The van der Waals surface area contributed by atoms with Gasteiger partial charge in [0.2, 0.25) is 0 Å². The molecule has 4 nitrogen and oxygen atoms in total. The number of ether oxygens (including phenoxy) is 1. The number of nitrogens with zero attached hydrogens (tertiary/aromatic N) is 1. The van der Waals surface area contributed by atoms with Crippen LogP contribution in [0.3, 0.4) is 0 Å². The average Bonchev–Trinajstić information content (AvgIpc) is 2.46. The third-order valence-corrected chi connectivity index (χ3v) is 3.32. The SMILES string of the molecule is CC[C@@H]1CN(C(=O)c2ccc(CN)cc2)CCO1. The fourth-order valence-electron chi connectivity index (χ4n) is 2.12. The minimum Gasteiger partial charge on any atom is -0.375 e. The molecule has 0 aromatic heterocycles. The monoisotopic (exact) mass is 248 g/mol. The molecular formula is C14H20N2O2. The van der Waals surface area contributed by atoms with E-state index in [-0.39, 0.29) is 12.0 Å². The third-order valence-electron chi connectivity index (χ3n) is 3.32. The number of benzene rings is 1. The first-order valence-electron chi connectivity index (χ1n) is 6.44. The Hall–Kier alpha value is -1.39. The van der Waals surface area contributed by atoms with Crippen LogP contribution in [0, 0.1) is 0 Å². The first-order valence-corrected chi connectivity index (χ1v) is 6.44. The van der Waals surface area contributed by atoms with Crippen molar-refractivity contribution in [2.75, 3.05) is 19.7 Å². The molecule has 0 aliphatic carbocycles. The number of hydrogen-bond acceptors (Lipinski definition) is 3. The summed E-state index contributed by atoms with van der Waals surface area (Å²) in [7, 11) is 0. The highest BCUT2D eigenvalue weighted by Crippen LogP contribution is 2.13. The van der Waals surface area contributed by atoms with Crippen LogP contribution in [0.2, 0.25) is 0 Å². The molecule has 98 valence electrons. The van der Waals surface area contributed by atoms with Crippen LogP contribution >= 0.6 is 0 Å². The maximum absolute atomic E-state index is 12.3. The highest BCUT2D eigenvalue weighted by Gasteiger charge is 2.23. The Morgan fingerprint density at radius 1 is 1.44 bits per heavy atom. The third kappa shape index (κ3) is 2.89. The molecule has 2 N–H and O–H groups in total. The number of rotatable bonds is 3. The summed E-state index contributed by atoms with van der Waals surface area (Å²) in [5.41, 5.74) is 7.31. The van der Waals surface area contributed by atoms with Crippen molar-refractivity contribution in [2.24, 2.45) is 5.73 Å². The van der Waals surface area contributed by atoms with Gasteiger partial charge in [-0.3, -0.25) is 4.79 Å². The van der Waals surface area contributed by atoms with Gasteiger partial charge in [0.1, 0.15) is 0 Å². The van der Waals surface area contributed by atoms with Gasteiger partial charge in [-0.05, 0) is 24.1 Å². The Balaban J connectivity index is 2.05. The number of carbonyl (C=O) groups excluding carboxylic acids is 1. The smallest absolute Gasteiger partial charge is 0.254 e. The first kappa shape index (κ1) is 13.1. The molecule has 1 aliphatic heterocycles. The molecule has 1 amide bonds. The zero-order valence-electron chi connectivity index (χ0n) is 10.8. The summed E-state index contributed by atoms with van der Waals surface area (Å²) in [5, 5.41) is 0. The topological polar surface area (TPSA) is 55.6 Å². The largest absolute Gasteiger partial charge is 0.375 e. The van der Waals surface area contributed by atoms with Gasteiger partial charge in [0.25, 0.3) is 5.91 Å². The van der Waals surface area contributed by atoms with Gasteiger partial charge in [0.05, 0.1) is 12.7 Å². The van der Waals surface area contributed by atoms with Gasteiger partial charge in [-0.15, -0.1) is 0 Å². The van der Waals surface area contributed by atoms with Gasteiger partial charge in [-0.1, -0.05) is 19.1 Å². The second-order valence-electron chi connectivity index (χ2n) is 4.55. The first-order chi connectivity index (χ1) is 8.74. The van der Waals surface area contributed by atoms with Crippen molar-refractivity contribution in [3.63, 3.8) is 0 Å². The summed E-state index contributed by atoms with van der Waals surface area (Å²) in [6, 6.07) is 7.51. The second kappa shape index (κ2) is 5.98. The van der Waals surface area contributed by atoms with Crippen LogP contribution in [0.4, 0.5) is 0 Å². The van der Waals surface area contributed by atoms with Crippen LogP contribution in [0.15, 0.2) is 24.3 Å². The van der Waals surface area contributed by atoms with E-state index >= 15 is 0 Å². The van der Waals surface area contributed by atoms with E-state index in [1.807, 2.05) is 29.2 Å². The van der Waals surface area contributed by atoms with E-state index in [0.717, 1.165) is 17.5 Å². The lowest BCUT2D eigenvalue weighted by Gasteiger charge is -2.32. The fraction of sp³-hybridized carbons (Fsp3) is 0.500. The molecule has 2 rings (SSSR count). The fourth-order valence-corrected chi connectivity index (χ4v) is 2.12. The van der Waals surface area contributed by atoms with Crippen LogP contribution < -0.4 is 5.73 Å². The summed E-state index contributed by atoms with van der Waals surface area (Å²) in [6.45, 7) is 4.58. The molecule has 0 bridgehead atoms. The van der Waals surface area contributed by atoms with E-state index in [1.54, 1.807) is 0 Å². The maximum Gasteiger partial charge on any atom is 0.254 e. The van der Waals surface area contributed by atoms with Crippen molar-refractivity contribution in [1.29, 1.82) is 0 Å². The molecule has 18 heavy (non-hydrogen) atoms. The Kier molecular flexibility index (Phi) is 4.33. The predicted octanol–water partition coefficient (Wildman–Crippen LogP) is 1.40. The van der Waals surface area contributed by atoms with Crippen molar-refractivity contribution in [1.82, 2.24) is 4.90 Å². The average molecular weight is 248 g/mol. The van der Waals surface area contributed by atoms with E-state index < -0.39 is 0 Å². The lowest BCUT2D eigenvalue weighted by atomic mass is 10.1. The van der Waals surface area contributed by atoms with Gasteiger partial charge in [0, 0.05) is 25.2 Å². The number of nitrogens with two attached hydrogens (primary N) is 1. The summed E-state index contributed by atoms with van der Waals surface area (Å²) in [5.74, 6) is 0.0836. The standard InChI is InChI=1S/C14H20N2O2/c1-2-13-10-16(7-8-18-13)14(17)12-5-3-11(9-15)4-6-12/h3-6,13H,2,7-10,15H2,1H3/t13-/m1/s1. The van der Waals surface area contributed by atoms with Crippen LogP contribution in [0.5, 0.6) is 0 Å². The predicted molar refractivity (Wildman–Crippen MR) is 70.3 cm³/mol. The molecular weight excluding hydrogens is 228 g/mol. The summed E-state index contributed by atoms with van der Waals surface area (Å²) >= 11 is 0. The normalized spacial score (nSPS) is 19.9.